The van der Waals surface area contributed by atoms with E-state index in [1.807, 2.05) is 42.2 Å². The van der Waals surface area contributed by atoms with Crippen molar-refractivity contribution in [3.63, 3.8) is 0 Å². The third-order valence-electron chi connectivity index (χ3n) is 5.56. The van der Waals surface area contributed by atoms with Crippen LogP contribution in [0, 0.1) is 11.8 Å². The predicted molar refractivity (Wildman–Crippen MR) is 108 cm³/mol. The van der Waals surface area contributed by atoms with Crippen molar-refractivity contribution in [2.75, 3.05) is 18.4 Å². The van der Waals surface area contributed by atoms with Crippen LogP contribution in [0.2, 0.25) is 0 Å². The normalized spacial score (nSPS) is 26.6. The number of anilines is 1. The van der Waals surface area contributed by atoms with Gasteiger partial charge in [-0.3, -0.25) is 9.59 Å². The van der Waals surface area contributed by atoms with Gasteiger partial charge in [0.1, 0.15) is 6.10 Å². The molecule has 28 heavy (non-hydrogen) atoms. The maximum absolute atomic E-state index is 13.0. The molecule has 2 aromatic rings. The van der Waals surface area contributed by atoms with Crippen LogP contribution >= 0.6 is 0 Å². The molecule has 2 aromatic carbocycles. The zero-order chi connectivity index (χ0) is 19.7. The molecule has 0 radical (unpaired) electrons. The lowest BCUT2D eigenvalue weighted by Crippen LogP contribution is -2.45. The average molecular weight is 378 g/mol. The van der Waals surface area contributed by atoms with Gasteiger partial charge in [-0.15, -0.1) is 0 Å². The van der Waals surface area contributed by atoms with Gasteiger partial charge in [0.2, 0.25) is 5.91 Å². The lowest BCUT2D eigenvalue weighted by molar-refractivity contribution is -0.117. The molecule has 0 bridgehead atoms. The van der Waals surface area contributed by atoms with E-state index in [-0.39, 0.29) is 29.9 Å². The number of benzene rings is 2. The fraction of sp³-hybridized carbons (Fsp3) is 0.391. The number of hydrogen-bond acceptors (Lipinski definition) is 3. The summed E-state index contributed by atoms with van der Waals surface area (Å²) in [5, 5.41) is 2.93. The Morgan fingerprint density at radius 1 is 1.00 bits per heavy atom. The molecule has 1 aliphatic carbocycles. The Morgan fingerprint density at radius 2 is 1.68 bits per heavy atom. The first-order valence-electron chi connectivity index (χ1n) is 9.92. The maximum Gasteiger partial charge on any atom is 0.254 e. The Morgan fingerprint density at radius 3 is 2.32 bits per heavy atom. The van der Waals surface area contributed by atoms with Crippen LogP contribution < -0.4 is 5.32 Å². The molecule has 2 aliphatic rings. The summed E-state index contributed by atoms with van der Waals surface area (Å²) in [6.45, 7) is 5.18. The standard InChI is InChI=1S/C23H26N2O3/c1-15-12-20(15)22(26)24-19-10-8-18(9-11-19)23(27)25-13-16(2)28-21(14-25)17-6-4-3-5-7-17/h3-11,15-16,20-21H,12-14H2,1-2H3,(H,24,26). The molecule has 1 aliphatic heterocycles. The Hall–Kier alpha value is -2.66. The number of nitrogens with one attached hydrogen (secondary N) is 1. The summed E-state index contributed by atoms with van der Waals surface area (Å²) < 4.78 is 6.05. The van der Waals surface area contributed by atoms with Gasteiger partial charge >= 0.3 is 0 Å². The quantitative estimate of drug-likeness (QED) is 0.878. The fourth-order valence-corrected chi connectivity index (χ4v) is 3.77. The van der Waals surface area contributed by atoms with E-state index in [1.54, 1.807) is 24.3 Å². The molecule has 4 atom stereocenters. The Kier molecular flexibility index (Phi) is 5.18. The minimum atomic E-state index is -0.118. The van der Waals surface area contributed by atoms with Crippen molar-refractivity contribution in [3.05, 3.63) is 65.7 Å². The van der Waals surface area contributed by atoms with E-state index >= 15 is 0 Å². The lowest BCUT2D eigenvalue weighted by Gasteiger charge is -2.37. The second-order valence-electron chi connectivity index (χ2n) is 7.94. The molecule has 4 unspecified atom stereocenters. The summed E-state index contributed by atoms with van der Waals surface area (Å²) in [7, 11) is 0. The van der Waals surface area contributed by atoms with Gasteiger partial charge in [-0.1, -0.05) is 37.3 Å². The number of rotatable bonds is 4. The minimum absolute atomic E-state index is 0.00947. The molecule has 2 amide bonds. The third-order valence-corrected chi connectivity index (χ3v) is 5.56. The van der Waals surface area contributed by atoms with Gasteiger partial charge in [0.25, 0.3) is 5.91 Å². The topological polar surface area (TPSA) is 58.6 Å². The summed E-state index contributed by atoms with van der Waals surface area (Å²) >= 11 is 0. The number of carbonyl (C=O) groups excluding carboxylic acids is 2. The Bertz CT molecular complexity index is 850. The minimum Gasteiger partial charge on any atom is -0.367 e. The van der Waals surface area contributed by atoms with Gasteiger partial charge in [-0.2, -0.15) is 0 Å². The summed E-state index contributed by atoms with van der Waals surface area (Å²) in [6.07, 6.45) is 0.815. The van der Waals surface area contributed by atoms with Gasteiger partial charge < -0.3 is 15.0 Å². The monoisotopic (exact) mass is 378 g/mol. The zero-order valence-electron chi connectivity index (χ0n) is 16.3. The van der Waals surface area contributed by atoms with Crippen LogP contribution in [0.3, 0.4) is 0 Å². The van der Waals surface area contributed by atoms with Gasteiger partial charge in [-0.05, 0) is 49.1 Å². The summed E-state index contributed by atoms with van der Waals surface area (Å²) in [5.74, 6) is 0.664. The van der Waals surface area contributed by atoms with E-state index in [2.05, 4.69) is 12.2 Å². The molecule has 2 fully saturated rings. The van der Waals surface area contributed by atoms with E-state index in [4.69, 9.17) is 4.74 Å². The largest absolute Gasteiger partial charge is 0.367 e. The smallest absolute Gasteiger partial charge is 0.254 e. The highest BCUT2D eigenvalue weighted by Gasteiger charge is 2.39. The lowest BCUT2D eigenvalue weighted by atomic mass is 10.1. The average Bonchev–Trinajstić information content (AvgIpc) is 3.45. The number of carbonyl (C=O) groups is 2. The van der Waals surface area contributed by atoms with E-state index in [9.17, 15) is 9.59 Å². The number of nitrogens with zero attached hydrogens (tertiary/aromatic N) is 1. The van der Waals surface area contributed by atoms with Gasteiger partial charge in [-0.25, -0.2) is 0 Å². The van der Waals surface area contributed by atoms with Crippen molar-refractivity contribution in [2.24, 2.45) is 11.8 Å². The molecule has 1 heterocycles. The van der Waals surface area contributed by atoms with Gasteiger partial charge in [0.15, 0.2) is 0 Å². The van der Waals surface area contributed by atoms with Crippen LogP contribution in [-0.2, 0) is 9.53 Å². The number of amides is 2. The van der Waals surface area contributed by atoms with E-state index in [0.29, 0.717) is 24.6 Å². The molecule has 5 heteroatoms. The van der Waals surface area contributed by atoms with Crippen molar-refractivity contribution in [2.45, 2.75) is 32.5 Å². The summed E-state index contributed by atoms with van der Waals surface area (Å²) in [6, 6.07) is 17.2. The van der Waals surface area contributed by atoms with Crippen LogP contribution in [-0.4, -0.2) is 35.9 Å². The number of morpholine rings is 1. The first-order valence-corrected chi connectivity index (χ1v) is 9.92. The Labute approximate surface area is 165 Å². The molecule has 1 saturated carbocycles. The van der Waals surface area contributed by atoms with Crippen LogP contribution in [0.5, 0.6) is 0 Å². The van der Waals surface area contributed by atoms with Crippen LogP contribution in [0.25, 0.3) is 0 Å². The van der Waals surface area contributed by atoms with Crippen molar-refractivity contribution in [3.8, 4) is 0 Å². The van der Waals surface area contributed by atoms with Crippen molar-refractivity contribution in [1.29, 1.82) is 0 Å². The maximum atomic E-state index is 13.0. The van der Waals surface area contributed by atoms with Crippen molar-refractivity contribution < 1.29 is 14.3 Å². The van der Waals surface area contributed by atoms with Crippen LogP contribution in [0.1, 0.15) is 42.3 Å². The molecule has 0 spiro atoms. The second-order valence-corrected chi connectivity index (χ2v) is 7.94. The van der Waals surface area contributed by atoms with Gasteiger partial charge in [0.05, 0.1) is 12.6 Å². The first kappa shape index (κ1) is 18.7. The first-order chi connectivity index (χ1) is 13.5. The molecule has 5 nitrogen and oxygen atoms in total. The molecule has 0 aromatic heterocycles. The Balaban J connectivity index is 1.42. The molecule has 1 saturated heterocycles. The van der Waals surface area contributed by atoms with E-state index in [1.165, 1.54) is 0 Å². The fourth-order valence-electron chi connectivity index (χ4n) is 3.77. The van der Waals surface area contributed by atoms with Crippen molar-refractivity contribution in [1.82, 2.24) is 4.90 Å². The summed E-state index contributed by atoms with van der Waals surface area (Å²) in [5.41, 5.74) is 2.44. The van der Waals surface area contributed by atoms with Crippen LogP contribution in [0.4, 0.5) is 5.69 Å². The second kappa shape index (κ2) is 7.76. The molecule has 146 valence electrons. The molecule has 4 rings (SSSR count). The predicted octanol–water partition coefficient (Wildman–Crippen LogP) is 3.88. The van der Waals surface area contributed by atoms with E-state index in [0.717, 1.165) is 17.7 Å². The number of hydrogen-bond donors (Lipinski definition) is 1. The molecule has 1 N–H and O–H groups in total. The highest BCUT2D eigenvalue weighted by Crippen LogP contribution is 2.38. The van der Waals surface area contributed by atoms with Crippen molar-refractivity contribution >= 4 is 17.5 Å². The zero-order valence-corrected chi connectivity index (χ0v) is 16.3. The SMILES string of the molecule is CC1CN(C(=O)c2ccc(NC(=O)C3CC3C)cc2)CC(c2ccccc2)O1. The highest BCUT2D eigenvalue weighted by molar-refractivity contribution is 5.97. The molecular formula is C23H26N2O3. The third kappa shape index (κ3) is 4.09. The molecular weight excluding hydrogens is 352 g/mol. The number of ether oxygens (including phenoxy) is 1. The van der Waals surface area contributed by atoms with Gasteiger partial charge in [0, 0.05) is 23.7 Å². The van der Waals surface area contributed by atoms with E-state index < -0.39 is 0 Å². The highest BCUT2D eigenvalue weighted by atomic mass is 16.5. The summed E-state index contributed by atoms with van der Waals surface area (Å²) in [4.78, 5) is 26.9. The van der Waals surface area contributed by atoms with Crippen LogP contribution in [0.15, 0.2) is 54.6 Å².